The van der Waals surface area contributed by atoms with Crippen molar-refractivity contribution in [3.05, 3.63) is 80.8 Å². The van der Waals surface area contributed by atoms with Crippen LogP contribution in [0.2, 0.25) is 0 Å². The van der Waals surface area contributed by atoms with Crippen molar-refractivity contribution in [3.63, 3.8) is 0 Å². The summed E-state index contributed by atoms with van der Waals surface area (Å²) in [5.41, 5.74) is 4.62. The molecule has 0 unspecified atom stereocenters. The third-order valence-corrected chi connectivity index (χ3v) is 4.36. The summed E-state index contributed by atoms with van der Waals surface area (Å²) in [6.45, 7) is 0.568. The van der Waals surface area contributed by atoms with Gasteiger partial charge in [0.05, 0.1) is 17.2 Å². The van der Waals surface area contributed by atoms with Gasteiger partial charge in [-0.2, -0.15) is 10.2 Å². The Morgan fingerprint density at radius 2 is 2.04 bits per heavy atom. The van der Waals surface area contributed by atoms with Crippen LogP contribution in [0, 0.1) is 0 Å². The van der Waals surface area contributed by atoms with E-state index in [0.29, 0.717) is 11.0 Å². The van der Waals surface area contributed by atoms with Crippen LogP contribution >= 0.6 is 31.9 Å². The van der Waals surface area contributed by atoms with Gasteiger partial charge in [0.2, 0.25) is 0 Å². The Bertz CT molecular complexity index is 891. The van der Waals surface area contributed by atoms with Crippen LogP contribution in [0.4, 0.5) is 0 Å². The van der Waals surface area contributed by atoms with Crippen LogP contribution in [0.15, 0.2) is 69.0 Å². The van der Waals surface area contributed by atoms with Gasteiger partial charge in [0.1, 0.15) is 0 Å². The summed E-state index contributed by atoms with van der Waals surface area (Å²) in [5, 5.41) is 8.24. The molecule has 6 nitrogen and oxygen atoms in total. The molecule has 0 spiro atoms. The maximum Gasteiger partial charge on any atom is 0.293 e. The maximum absolute atomic E-state index is 12.2. The molecule has 0 radical (unpaired) electrons. The Morgan fingerprint density at radius 3 is 2.76 bits per heavy atom. The first-order chi connectivity index (χ1) is 12.1. The summed E-state index contributed by atoms with van der Waals surface area (Å²) in [7, 11) is 0. The minimum atomic E-state index is -0.387. The zero-order chi connectivity index (χ0) is 17.6. The van der Waals surface area contributed by atoms with Crippen LogP contribution < -0.4 is 5.43 Å². The summed E-state index contributed by atoms with van der Waals surface area (Å²) in [6.07, 6.45) is 6.61. The standard InChI is InChI=1S/C17H13Br2N5O/c18-14-5-3-12(4-6-14)10-24-11-15(19)16(23-24)17(25)22-21-9-13-2-1-7-20-8-13/h1-9,11H,10H2,(H,22,25)/b21-9+. The van der Waals surface area contributed by atoms with E-state index in [1.54, 1.807) is 29.3 Å². The van der Waals surface area contributed by atoms with Gasteiger partial charge in [0.25, 0.3) is 5.91 Å². The van der Waals surface area contributed by atoms with Crippen molar-refractivity contribution in [1.29, 1.82) is 0 Å². The minimum absolute atomic E-state index is 0.278. The number of hydrogen-bond donors (Lipinski definition) is 1. The highest BCUT2D eigenvalue weighted by Crippen LogP contribution is 2.17. The van der Waals surface area contributed by atoms with Gasteiger partial charge in [-0.3, -0.25) is 14.5 Å². The topological polar surface area (TPSA) is 72.2 Å². The number of hydrazone groups is 1. The summed E-state index contributed by atoms with van der Waals surface area (Å²) < 4.78 is 3.33. The lowest BCUT2D eigenvalue weighted by molar-refractivity contribution is 0.0948. The summed E-state index contributed by atoms with van der Waals surface area (Å²) in [4.78, 5) is 16.2. The van der Waals surface area contributed by atoms with E-state index in [4.69, 9.17) is 0 Å². The monoisotopic (exact) mass is 461 g/mol. The number of nitrogens with one attached hydrogen (secondary N) is 1. The molecule has 3 aromatic rings. The van der Waals surface area contributed by atoms with Crippen LogP contribution in [0.25, 0.3) is 0 Å². The van der Waals surface area contributed by atoms with Crippen molar-refractivity contribution >= 4 is 44.0 Å². The molecule has 2 aromatic heterocycles. The Balaban J connectivity index is 1.66. The second-order valence-electron chi connectivity index (χ2n) is 5.14. The van der Waals surface area contributed by atoms with E-state index in [1.807, 2.05) is 30.3 Å². The van der Waals surface area contributed by atoms with Crippen LogP contribution in [0.5, 0.6) is 0 Å². The Morgan fingerprint density at radius 1 is 1.24 bits per heavy atom. The molecule has 0 aliphatic carbocycles. The van der Waals surface area contributed by atoms with Crippen molar-refractivity contribution in [3.8, 4) is 0 Å². The van der Waals surface area contributed by atoms with E-state index in [-0.39, 0.29) is 11.6 Å². The highest BCUT2D eigenvalue weighted by molar-refractivity contribution is 9.10. The Kier molecular flexibility index (Phi) is 5.72. The molecule has 25 heavy (non-hydrogen) atoms. The van der Waals surface area contributed by atoms with Gasteiger partial charge in [-0.15, -0.1) is 0 Å². The lowest BCUT2D eigenvalue weighted by Gasteiger charge is -2.02. The van der Waals surface area contributed by atoms with Gasteiger partial charge >= 0.3 is 0 Å². The van der Waals surface area contributed by atoms with Crippen molar-refractivity contribution < 1.29 is 4.79 Å². The van der Waals surface area contributed by atoms with Gasteiger partial charge in [0, 0.05) is 28.6 Å². The molecule has 0 aliphatic rings. The average molecular weight is 463 g/mol. The number of carbonyl (C=O) groups excluding carboxylic acids is 1. The van der Waals surface area contributed by atoms with Crippen molar-refractivity contribution in [1.82, 2.24) is 20.2 Å². The molecular formula is C17H13Br2N5O. The third kappa shape index (κ3) is 4.83. The summed E-state index contributed by atoms with van der Waals surface area (Å²) in [5.74, 6) is -0.387. The van der Waals surface area contributed by atoms with E-state index in [2.05, 4.69) is 52.5 Å². The molecule has 0 aliphatic heterocycles. The van der Waals surface area contributed by atoms with E-state index < -0.39 is 0 Å². The largest absolute Gasteiger partial charge is 0.293 e. The Hall–Kier alpha value is -2.32. The molecule has 1 N–H and O–H groups in total. The fourth-order valence-electron chi connectivity index (χ4n) is 2.08. The third-order valence-electron chi connectivity index (χ3n) is 3.25. The smallest absolute Gasteiger partial charge is 0.266 e. The molecule has 0 fully saturated rings. The lowest BCUT2D eigenvalue weighted by atomic mass is 10.2. The number of rotatable bonds is 5. The van der Waals surface area contributed by atoms with Gasteiger partial charge in [-0.1, -0.05) is 34.1 Å². The van der Waals surface area contributed by atoms with E-state index in [1.165, 1.54) is 6.21 Å². The average Bonchev–Trinajstić information content (AvgIpc) is 2.98. The molecule has 3 rings (SSSR count). The highest BCUT2D eigenvalue weighted by Gasteiger charge is 2.14. The van der Waals surface area contributed by atoms with Crippen LogP contribution in [0.3, 0.4) is 0 Å². The molecular weight excluding hydrogens is 450 g/mol. The molecule has 0 saturated heterocycles. The van der Waals surface area contributed by atoms with Gasteiger partial charge in [-0.25, -0.2) is 5.43 Å². The van der Waals surface area contributed by atoms with Crippen LogP contribution in [-0.4, -0.2) is 26.9 Å². The van der Waals surface area contributed by atoms with Crippen molar-refractivity contribution in [2.75, 3.05) is 0 Å². The molecule has 0 atom stereocenters. The number of nitrogens with zero attached hydrogens (tertiary/aromatic N) is 4. The predicted octanol–water partition coefficient (Wildman–Crippen LogP) is 3.62. The SMILES string of the molecule is O=C(N/N=C/c1cccnc1)c1nn(Cc2ccc(Br)cc2)cc1Br. The summed E-state index contributed by atoms with van der Waals surface area (Å²) >= 11 is 6.77. The molecule has 8 heteroatoms. The van der Waals surface area contributed by atoms with Gasteiger partial charge < -0.3 is 0 Å². The predicted molar refractivity (Wildman–Crippen MR) is 102 cm³/mol. The Labute approximate surface area is 161 Å². The second kappa shape index (κ2) is 8.17. The number of aromatic nitrogens is 3. The molecule has 0 bridgehead atoms. The first-order valence-corrected chi connectivity index (χ1v) is 8.91. The van der Waals surface area contributed by atoms with E-state index in [0.717, 1.165) is 15.6 Å². The number of halogens is 2. The minimum Gasteiger partial charge on any atom is -0.266 e. The van der Waals surface area contributed by atoms with Crippen molar-refractivity contribution in [2.45, 2.75) is 6.54 Å². The van der Waals surface area contributed by atoms with Crippen LogP contribution in [0.1, 0.15) is 21.6 Å². The number of hydrogen-bond acceptors (Lipinski definition) is 4. The normalized spacial score (nSPS) is 11.0. The first-order valence-electron chi connectivity index (χ1n) is 7.32. The van der Waals surface area contributed by atoms with Crippen molar-refractivity contribution in [2.24, 2.45) is 5.10 Å². The maximum atomic E-state index is 12.2. The second-order valence-corrected chi connectivity index (χ2v) is 6.91. The van der Waals surface area contributed by atoms with Gasteiger partial charge in [0.15, 0.2) is 5.69 Å². The van der Waals surface area contributed by atoms with E-state index >= 15 is 0 Å². The fourth-order valence-corrected chi connectivity index (χ4v) is 2.84. The molecule has 1 amide bonds. The summed E-state index contributed by atoms with van der Waals surface area (Å²) in [6, 6.07) is 11.6. The number of amides is 1. The lowest BCUT2D eigenvalue weighted by Crippen LogP contribution is -2.19. The zero-order valence-electron chi connectivity index (χ0n) is 12.9. The fraction of sp³-hybridized carbons (Fsp3) is 0.0588. The highest BCUT2D eigenvalue weighted by atomic mass is 79.9. The van der Waals surface area contributed by atoms with Crippen LogP contribution in [-0.2, 0) is 6.54 Å². The molecule has 1 aromatic carbocycles. The number of benzene rings is 1. The molecule has 2 heterocycles. The number of carbonyl (C=O) groups is 1. The van der Waals surface area contributed by atoms with E-state index in [9.17, 15) is 4.79 Å². The van der Waals surface area contributed by atoms with Gasteiger partial charge in [-0.05, 0) is 39.7 Å². The molecule has 126 valence electrons. The first kappa shape index (κ1) is 17.5. The zero-order valence-corrected chi connectivity index (χ0v) is 16.1. The molecule has 0 saturated carbocycles. The quantitative estimate of drug-likeness (QED) is 0.465. The number of pyridine rings is 1.